The van der Waals surface area contributed by atoms with Crippen molar-refractivity contribution in [2.75, 3.05) is 32.8 Å². The highest BCUT2D eigenvalue weighted by Crippen LogP contribution is 2.21. The standard InChI is InChI=1S/C19H23N3O4S2/c1-3-26-17-5-7-18(8-6-17)28(24,25)22-12-10-21(11-13-22)19(23)9-4-16-14-27-15(2)20-16/h4-9,14H,3,10-13H2,1-2H3/b9-4+. The average molecular weight is 422 g/mol. The lowest BCUT2D eigenvalue weighted by Gasteiger charge is -2.33. The third kappa shape index (κ3) is 4.78. The predicted octanol–water partition coefficient (Wildman–Crippen LogP) is 2.40. The van der Waals surface area contributed by atoms with E-state index in [9.17, 15) is 13.2 Å². The molecule has 0 N–H and O–H groups in total. The molecule has 0 unspecified atom stereocenters. The molecule has 9 heteroatoms. The first kappa shape index (κ1) is 20.5. The molecule has 0 bridgehead atoms. The first-order valence-electron chi connectivity index (χ1n) is 9.02. The fraction of sp³-hybridized carbons (Fsp3) is 0.368. The number of ether oxygens (including phenoxy) is 1. The minimum absolute atomic E-state index is 0.135. The molecule has 1 aliphatic heterocycles. The first-order valence-corrected chi connectivity index (χ1v) is 11.3. The summed E-state index contributed by atoms with van der Waals surface area (Å²) in [6.45, 7) is 5.56. The van der Waals surface area contributed by atoms with Crippen LogP contribution in [0.3, 0.4) is 0 Å². The third-order valence-electron chi connectivity index (χ3n) is 4.36. The smallest absolute Gasteiger partial charge is 0.246 e. The van der Waals surface area contributed by atoms with Crippen molar-refractivity contribution in [3.05, 3.63) is 46.4 Å². The number of hydrogen-bond donors (Lipinski definition) is 0. The maximum absolute atomic E-state index is 12.8. The molecule has 150 valence electrons. The third-order valence-corrected chi connectivity index (χ3v) is 7.06. The fourth-order valence-electron chi connectivity index (χ4n) is 2.89. The Morgan fingerprint density at radius 1 is 1.21 bits per heavy atom. The maximum atomic E-state index is 12.8. The summed E-state index contributed by atoms with van der Waals surface area (Å²) in [5.41, 5.74) is 0.757. The highest BCUT2D eigenvalue weighted by Gasteiger charge is 2.29. The number of carbonyl (C=O) groups excluding carboxylic acids is 1. The van der Waals surface area contributed by atoms with Crippen LogP contribution in [0.5, 0.6) is 5.75 Å². The van der Waals surface area contributed by atoms with Gasteiger partial charge in [-0.3, -0.25) is 4.79 Å². The van der Waals surface area contributed by atoms with Gasteiger partial charge in [-0.2, -0.15) is 4.31 Å². The Morgan fingerprint density at radius 2 is 1.89 bits per heavy atom. The van der Waals surface area contributed by atoms with Crippen LogP contribution in [0, 0.1) is 6.92 Å². The Kier molecular flexibility index (Phi) is 6.48. The van der Waals surface area contributed by atoms with Crippen LogP contribution in [0.2, 0.25) is 0 Å². The number of benzene rings is 1. The summed E-state index contributed by atoms with van der Waals surface area (Å²) in [5, 5.41) is 2.83. The van der Waals surface area contributed by atoms with Crippen LogP contribution >= 0.6 is 11.3 Å². The van der Waals surface area contributed by atoms with E-state index in [0.717, 1.165) is 10.7 Å². The predicted molar refractivity (Wildman–Crippen MR) is 109 cm³/mol. The highest BCUT2D eigenvalue weighted by atomic mass is 32.2. The van der Waals surface area contributed by atoms with Gasteiger partial charge >= 0.3 is 0 Å². The summed E-state index contributed by atoms with van der Waals surface area (Å²) < 4.78 is 32.4. The zero-order valence-electron chi connectivity index (χ0n) is 15.9. The minimum atomic E-state index is -3.58. The van der Waals surface area contributed by atoms with E-state index in [-0.39, 0.29) is 23.9 Å². The van der Waals surface area contributed by atoms with Gasteiger partial charge in [0.25, 0.3) is 0 Å². The van der Waals surface area contributed by atoms with E-state index >= 15 is 0 Å². The fourth-order valence-corrected chi connectivity index (χ4v) is 4.89. The van der Waals surface area contributed by atoms with Crippen LogP contribution in [0.4, 0.5) is 0 Å². The molecule has 0 saturated carbocycles. The number of rotatable bonds is 6. The van der Waals surface area contributed by atoms with Crippen LogP contribution in [-0.2, 0) is 14.8 Å². The number of aryl methyl sites for hydroxylation is 1. The van der Waals surface area contributed by atoms with Gasteiger partial charge in [-0.25, -0.2) is 13.4 Å². The van der Waals surface area contributed by atoms with Gasteiger partial charge in [0.15, 0.2) is 0 Å². The lowest BCUT2D eigenvalue weighted by Crippen LogP contribution is -2.50. The lowest BCUT2D eigenvalue weighted by molar-refractivity contribution is -0.127. The second-order valence-corrected chi connectivity index (χ2v) is 9.26. The molecule has 1 aromatic carbocycles. The molecule has 0 aliphatic carbocycles. The number of hydrogen-bond acceptors (Lipinski definition) is 6. The summed E-state index contributed by atoms with van der Waals surface area (Å²) >= 11 is 1.53. The number of carbonyl (C=O) groups is 1. The number of nitrogens with zero attached hydrogens (tertiary/aromatic N) is 3. The number of piperazine rings is 1. The van der Waals surface area contributed by atoms with Crippen molar-refractivity contribution in [1.82, 2.24) is 14.2 Å². The normalized spacial score (nSPS) is 15.9. The van der Waals surface area contributed by atoms with Crippen LogP contribution in [0.25, 0.3) is 6.08 Å². The van der Waals surface area contributed by atoms with Crippen LogP contribution in [0.1, 0.15) is 17.6 Å². The SMILES string of the molecule is CCOc1ccc(S(=O)(=O)N2CCN(C(=O)/C=C/c3csc(C)n3)CC2)cc1. The topological polar surface area (TPSA) is 79.8 Å². The molecule has 2 aromatic rings. The molecule has 1 aliphatic rings. The van der Waals surface area contributed by atoms with Gasteiger partial charge in [0, 0.05) is 37.6 Å². The van der Waals surface area contributed by atoms with E-state index in [4.69, 9.17) is 4.74 Å². The van der Waals surface area contributed by atoms with E-state index in [1.807, 2.05) is 19.2 Å². The summed E-state index contributed by atoms with van der Waals surface area (Å²) in [6, 6.07) is 6.41. The minimum Gasteiger partial charge on any atom is -0.494 e. The number of amides is 1. The molecule has 1 amide bonds. The molecular weight excluding hydrogens is 398 g/mol. The van der Waals surface area contributed by atoms with Crippen molar-refractivity contribution in [3.63, 3.8) is 0 Å². The van der Waals surface area contributed by atoms with Crippen LogP contribution < -0.4 is 4.74 Å². The zero-order chi connectivity index (χ0) is 20.1. The van der Waals surface area contributed by atoms with Crippen molar-refractivity contribution in [2.45, 2.75) is 18.7 Å². The first-order chi connectivity index (χ1) is 13.4. The van der Waals surface area contributed by atoms with Gasteiger partial charge in [-0.1, -0.05) is 0 Å². The average Bonchev–Trinajstić information content (AvgIpc) is 3.12. The Balaban J connectivity index is 1.59. The van der Waals surface area contributed by atoms with Crippen molar-refractivity contribution in [1.29, 1.82) is 0 Å². The summed E-state index contributed by atoms with van der Waals surface area (Å²) in [6.07, 6.45) is 3.18. The quantitative estimate of drug-likeness (QED) is 0.669. The number of sulfonamides is 1. The number of thiazole rings is 1. The van der Waals surface area contributed by atoms with E-state index in [1.54, 1.807) is 35.2 Å². The molecule has 7 nitrogen and oxygen atoms in total. The number of aromatic nitrogens is 1. The van der Waals surface area contributed by atoms with E-state index in [2.05, 4.69) is 4.98 Å². The molecule has 1 fully saturated rings. The summed E-state index contributed by atoms with van der Waals surface area (Å²) in [7, 11) is -3.58. The van der Waals surface area contributed by atoms with E-state index in [0.29, 0.717) is 25.4 Å². The highest BCUT2D eigenvalue weighted by molar-refractivity contribution is 7.89. The largest absolute Gasteiger partial charge is 0.494 e. The molecule has 0 spiro atoms. The molecule has 2 heterocycles. The summed E-state index contributed by atoms with van der Waals surface area (Å²) in [4.78, 5) is 18.5. The Morgan fingerprint density at radius 3 is 2.46 bits per heavy atom. The Labute approximate surface area is 169 Å². The van der Waals surface area contributed by atoms with Crippen LogP contribution in [-0.4, -0.2) is 61.3 Å². The van der Waals surface area contributed by atoms with Crippen molar-refractivity contribution >= 4 is 33.3 Å². The van der Waals surface area contributed by atoms with Gasteiger partial charge in [-0.15, -0.1) is 11.3 Å². The molecule has 3 rings (SSSR count). The zero-order valence-corrected chi connectivity index (χ0v) is 17.5. The lowest BCUT2D eigenvalue weighted by atomic mass is 10.3. The van der Waals surface area contributed by atoms with Gasteiger partial charge in [0.2, 0.25) is 15.9 Å². The van der Waals surface area contributed by atoms with Crippen LogP contribution in [0.15, 0.2) is 40.6 Å². The Hall–Kier alpha value is -2.23. The van der Waals surface area contributed by atoms with Gasteiger partial charge in [0.05, 0.1) is 22.2 Å². The summed E-state index contributed by atoms with van der Waals surface area (Å²) in [5.74, 6) is 0.503. The van der Waals surface area contributed by atoms with Gasteiger partial charge in [0.1, 0.15) is 5.75 Å². The second-order valence-electron chi connectivity index (χ2n) is 6.26. The van der Waals surface area contributed by atoms with E-state index in [1.165, 1.54) is 21.7 Å². The Bertz CT molecular complexity index is 944. The van der Waals surface area contributed by atoms with Gasteiger partial charge < -0.3 is 9.64 Å². The molecule has 0 atom stereocenters. The molecular formula is C19H23N3O4S2. The molecule has 1 saturated heterocycles. The van der Waals surface area contributed by atoms with Crippen molar-refractivity contribution in [3.8, 4) is 5.75 Å². The maximum Gasteiger partial charge on any atom is 0.246 e. The molecule has 1 aromatic heterocycles. The second kappa shape index (κ2) is 8.85. The monoisotopic (exact) mass is 421 g/mol. The molecule has 0 radical (unpaired) electrons. The van der Waals surface area contributed by atoms with Crippen molar-refractivity contribution in [2.24, 2.45) is 0 Å². The van der Waals surface area contributed by atoms with Crippen molar-refractivity contribution < 1.29 is 17.9 Å². The molecule has 28 heavy (non-hydrogen) atoms. The van der Waals surface area contributed by atoms with Gasteiger partial charge in [-0.05, 0) is 44.2 Å². The van der Waals surface area contributed by atoms with E-state index < -0.39 is 10.0 Å².